The summed E-state index contributed by atoms with van der Waals surface area (Å²) in [7, 11) is 0. The zero-order chi connectivity index (χ0) is 14.8. The van der Waals surface area contributed by atoms with Crippen molar-refractivity contribution in [2.24, 2.45) is 23.2 Å². The molecule has 3 rings (SSSR count). The zero-order valence-corrected chi connectivity index (χ0v) is 11.8. The third-order valence-corrected chi connectivity index (χ3v) is 5.83. The number of aliphatic hydroxyl groups excluding tert-OH is 3. The second-order valence-electron chi connectivity index (χ2n) is 6.86. The zero-order valence-electron chi connectivity index (χ0n) is 11.8. The van der Waals surface area contributed by atoms with Gasteiger partial charge in [-0.3, -0.25) is 0 Å². The summed E-state index contributed by atoms with van der Waals surface area (Å²) in [6.07, 6.45) is -1.92. The summed E-state index contributed by atoms with van der Waals surface area (Å²) in [6, 6.07) is 0. The average molecular weight is 282 g/mol. The van der Waals surface area contributed by atoms with E-state index in [2.05, 4.69) is 6.58 Å². The molecule has 3 N–H and O–H groups in total. The lowest BCUT2D eigenvalue weighted by Gasteiger charge is -2.41. The van der Waals surface area contributed by atoms with Crippen LogP contribution in [0, 0.1) is 23.2 Å². The lowest BCUT2D eigenvalue weighted by molar-refractivity contribution is -0.140. The standard InChI is InChI=1S/C15H22O5/c1-6-4-9-11(7(2)14(19)20-9)13(18)15(3)10(17)5-8(16)12(6)15/h6,8-13,16-18H,2,4-5H2,1,3H3/t6?,8-,9-,10+,11+,12+,13?,15+/m0/s1. The molecule has 3 fully saturated rings. The summed E-state index contributed by atoms with van der Waals surface area (Å²) in [5.74, 6) is -1.10. The van der Waals surface area contributed by atoms with Gasteiger partial charge in [0.1, 0.15) is 6.10 Å². The monoisotopic (exact) mass is 282 g/mol. The fourth-order valence-corrected chi connectivity index (χ4v) is 4.79. The minimum Gasteiger partial charge on any atom is -0.458 e. The Balaban J connectivity index is 2.06. The van der Waals surface area contributed by atoms with Gasteiger partial charge >= 0.3 is 5.97 Å². The molecule has 5 heteroatoms. The highest BCUT2D eigenvalue weighted by Gasteiger charge is 2.63. The molecular weight excluding hydrogens is 260 g/mol. The van der Waals surface area contributed by atoms with Crippen LogP contribution in [0.2, 0.25) is 0 Å². The molecule has 0 amide bonds. The second kappa shape index (κ2) is 4.29. The Kier molecular flexibility index (Phi) is 3.01. The predicted molar refractivity (Wildman–Crippen MR) is 70.5 cm³/mol. The van der Waals surface area contributed by atoms with Crippen LogP contribution in [0.15, 0.2) is 12.2 Å². The maximum absolute atomic E-state index is 11.7. The van der Waals surface area contributed by atoms with Gasteiger partial charge in [0.2, 0.25) is 0 Å². The summed E-state index contributed by atoms with van der Waals surface area (Å²) in [4.78, 5) is 11.7. The van der Waals surface area contributed by atoms with E-state index in [0.717, 1.165) is 0 Å². The van der Waals surface area contributed by atoms with Gasteiger partial charge in [0.05, 0.1) is 24.2 Å². The molecule has 0 radical (unpaired) electrons. The molecule has 0 aromatic rings. The fourth-order valence-electron chi connectivity index (χ4n) is 4.79. The predicted octanol–water partition coefficient (Wildman–Crippen LogP) is 0.233. The minimum atomic E-state index is -0.937. The smallest absolute Gasteiger partial charge is 0.334 e. The van der Waals surface area contributed by atoms with Crippen LogP contribution in [0.1, 0.15) is 26.7 Å². The van der Waals surface area contributed by atoms with E-state index in [1.165, 1.54) is 0 Å². The first kappa shape index (κ1) is 14.0. The van der Waals surface area contributed by atoms with E-state index >= 15 is 0 Å². The van der Waals surface area contributed by atoms with Gasteiger partial charge < -0.3 is 20.1 Å². The van der Waals surface area contributed by atoms with Crippen LogP contribution >= 0.6 is 0 Å². The van der Waals surface area contributed by atoms with Crippen LogP contribution in [-0.2, 0) is 9.53 Å². The Morgan fingerprint density at radius 3 is 2.60 bits per heavy atom. The van der Waals surface area contributed by atoms with Crippen molar-refractivity contribution in [3.8, 4) is 0 Å². The normalized spacial score (nSPS) is 55.1. The van der Waals surface area contributed by atoms with E-state index < -0.39 is 41.7 Å². The Labute approximate surface area is 118 Å². The fraction of sp³-hybridized carbons (Fsp3) is 0.800. The number of hydrogen-bond acceptors (Lipinski definition) is 5. The van der Waals surface area contributed by atoms with Crippen molar-refractivity contribution >= 4 is 5.97 Å². The highest BCUT2D eigenvalue weighted by molar-refractivity contribution is 5.91. The molecule has 20 heavy (non-hydrogen) atoms. The number of fused-ring (bicyclic) bond motifs is 2. The number of aliphatic hydroxyl groups is 3. The topological polar surface area (TPSA) is 87.0 Å². The third-order valence-electron chi connectivity index (χ3n) is 5.83. The molecule has 2 saturated carbocycles. The maximum Gasteiger partial charge on any atom is 0.334 e. The van der Waals surface area contributed by atoms with Crippen LogP contribution in [-0.4, -0.2) is 45.7 Å². The van der Waals surface area contributed by atoms with Crippen molar-refractivity contribution in [3.05, 3.63) is 12.2 Å². The van der Waals surface area contributed by atoms with Gasteiger partial charge in [-0.05, 0) is 18.3 Å². The van der Waals surface area contributed by atoms with Crippen molar-refractivity contribution in [1.29, 1.82) is 0 Å². The first-order chi connectivity index (χ1) is 9.28. The van der Waals surface area contributed by atoms with Gasteiger partial charge in [-0.2, -0.15) is 0 Å². The molecule has 1 heterocycles. The van der Waals surface area contributed by atoms with E-state index in [4.69, 9.17) is 4.74 Å². The number of rotatable bonds is 0. The molecule has 5 nitrogen and oxygen atoms in total. The lowest BCUT2D eigenvalue weighted by Crippen LogP contribution is -2.49. The van der Waals surface area contributed by atoms with Crippen LogP contribution < -0.4 is 0 Å². The van der Waals surface area contributed by atoms with Crippen molar-refractivity contribution in [3.63, 3.8) is 0 Å². The van der Waals surface area contributed by atoms with E-state index in [-0.39, 0.29) is 23.8 Å². The SMILES string of the molecule is C=C1C(=O)O[C@H]2CC(C)[C@@H]3[C@@H](O)C[C@@H](O)[C@@]3(C)C(O)[C@H]12. The van der Waals surface area contributed by atoms with Crippen LogP contribution in [0.4, 0.5) is 0 Å². The van der Waals surface area contributed by atoms with E-state index in [1.54, 1.807) is 6.92 Å². The molecular formula is C15H22O5. The summed E-state index contributed by atoms with van der Waals surface area (Å²) in [5, 5.41) is 31.4. The van der Waals surface area contributed by atoms with Gasteiger partial charge in [-0.25, -0.2) is 4.79 Å². The van der Waals surface area contributed by atoms with E-state index in [9.17, 15) is 20.1 Å². The summed E-state index contributed by atoms with van der Waals surface area (Å²) < 4.78 is 5.32. The molecule has 112 valence electrons. The molecule has 0 aromatic heterocycles. The lowest BCUT2D eigenvalue weighted by atomic mass is 9.67. The van der Waals surface area contributed by atoms with Gasteiger partial charge in [-0.15, -0.1) is 0 Å². The maximum atomic E-state index is 11.7. The summed E-state index contributed by atoms with van der Waals surface area (Å²) in [6.45, 7) is 7.53. The highest BCUT2D eigenvalue weighted by Crippen LogP contribution is 2.56. The second-order valence-corrected chi connectivity index (χ2v) is 6.86. The Bertz CT molecular complexity index is 461. The van der Waals surface area contributed by atoms with E-state index in [1.807, 2.05) is 6.92 Å². The number of ether oxygens (including phenoxy) is 1. The molecule has 0 aromatic carbocycles. The first-order valence-corrected chi connectivity index (χ1v) is 7.22. The Morgan fingerprint density at radius 2 is 1.95 bits per heavy atom. The van der Waals surface area contributed by atoms with Gasteiger partial charge in [-0.1, -0.05) is 20.4 Å². The van der Waals surface area contributed by atoms with Crippen molar-refractivity contribution in [1.82, 2.24) is 0 Å². The van der Waals surface area contributed by atoms with Crippen LogP contribution in [0.5, 0.6) is 0 Å². The van der Waals surface area contributed by atoms with Crippen molar-refractivity contribution in [2.75, 3.05) is 0 Å². The summed E-state index contributed by atoms with van der Waals surface area (Å²) in [5.41, 5.74) is -0.556. The Morgan fingerprint density at radius 1 is 1.30 bits per heavy atom. The van der Waals surface area contributed by atoms with Crippen molar-refractivity contribution < 1.29 is 24.9 Å². The number of carbonyl (C=O) groups excluding carboxylic acids is 1. The third kappa shape index (κ3) is 1.57. The molecule has 8 atom stereocenters. The van der Waals surface area contributed by atoms with Gasteiger partial charge in [0.15, 0.2) is 0 Å². The van der Waals surface area contributed by atoms with Crippen LogP contribution in [0.3, 0.4) is 0 Å². The highest BCUT2D eigenvalue weighted by atomic mass is 16.6. The number of carbonyl (C=O) groups is 1. The molecule has 0 spiro atoms. The van der Waals surface area contributed by atoms with Gasteiger partial charge in [0.25, 0.3) is 0 Å². The first-order valence-electron chi connectivity index (χ1n) is 7.22. The van der Waals surface area contributed by atoms with Gasteiger partial charge in [0, 0.05) is 17.4 Å². The molecule has 1 saturated heterocycles. The number of hydrogen-bond donors (Lipinski definition) is 3. The molecule has 2 unspecified atom stereocenters. The molecule has 3 aliphatic rings. The van der Waals surface area contributed by atoms with Crippen LogP contribution in [0.25, 0.3) is 0 Å². The Hall–Kier alpha value is -0.910. The molecule has 1 aliphatic heterocycles. The van der Waals surface area contributed by atoms with E-state index in [0.29, 0.717) is 6.42 Å². The number of esters is 1. The molecule has 0 bridgehead atoms. The molecule has 2 aliphatic carbocycles. The quantitative estimate of drug-likeness (QED) is 0.437. The largest absolute Gasteiger partial charge is 0.458 e. The minimum absolute atomic E-state index is 0.0514. The average Bonchev–Trinajstić information content (AvgIpc) is 2.72. The summed E-state index contributed by atoms with van der Waals surface area (Å²) >= 11 is 0. The van der Waals surface area contributed by atoms with Crippen molar-refractivity contribution in [2.45, 2.75) is 51.1 Å².